The van der Waals surface area contributed by atoms with Gasteiger partial charge in [0.2, 0.25) is 0 Å². The van der Waals surface area contributed by atoms with Crippen molar-refractivity contribution in [1.82, 2.24) is 4.98 Å². The summed E-state index contributed by atoms with van der Waals surface area (Å²) >= 11 is 1.65. The van der Waals surface area contributed by atoms with Crippen LogP contribution in [0.15, 0.2) is 0 Å². The number of aliphatic hydroxyl groups is 1. The van der Waals surface area contributed by atoms with E-state index in [4.69, 9.17) is 4.98 Å². The summed E-state index contributed by atoms with van der Waals surface area (Å²) in [6.07, 6.45) is 1.24. The second-order valence-electron chi connectivity index (χ2n) is 6.52. The van der Waals surface area contributed by atoms with Crippen LogP contribution in [-0.4, -0.2) is 22.7 Å². The fourth-order valence-corrected chi connectivity index (χ4v) is 3.96. The van der Waals surface area contributed by atoms with E-state index in [9.17, 15) is 5.11 Å². The highest BCUT2D eigenvalue weighted by Crippen LogP contribution is 2.37. The van der Waals surface area contributed by atoms with Crippen LogP contribution in [-0.2, 0) is 12.0 Å². The molecule has 0 radical (unpaired) electrons. The van der Waals surface area contributed by atoms with Crippen LogP contribution < -0.4 is 4.90 Å². The molecule has 1 aliphatic rings. The molecule has 1 aliphatic heterocycles. The predicted octanol–water partition coefficient (Wildman–Crippen LogP) is 3.17. The van der Waals surface area contributed by atoms with Crippen molar-refractivity contribution in [2.24, 2.45) is 5.92 Å². The third-order valence-corrected chi connectivity index (χ3v) is 4.65. The molecule has 1 fully saturated rings. The summed E-state index contributed by atoms with van der Waals surface area (Å²) in [6, 6.07) is 0.561. The Morgan fingerprint density at radius 2 is 2.06 bits per heavy atom. The highest BCUT2D eigenvalue weighted by atomic mass is 32.1. The Kier molecular flexibility index (Phi) is 3.70. The zero-order valence-electron chi connectivity index (χ0n) is 12.0. The van der Waals surface area contributed by atoms with E-state index in [1.165, 1.54) is 6.42 Å². The van der Waals surface area contributed by atoms with Crippen LogP contribution in [0.2, 0.25) is 0 Å². The monoisotopic (exact) mass is 268 g/mol. The molecule has 2 rings (SSSR count). The fourth-order valence-electron chi connectivity index (χ4n) is 2.72. The quantitative estimate of drug-likeness (QED) is 0.895. The molecule has 1 aromatic heterocycles. The molecule has 0 aromatic carbocycles. The van der Waals surface area contributed by atoms with E-state index in [0.717, 1.165) is 28.2 Å². The molecule has 1 saturated heterocycles. The van der Waals surface area contributed by atoms with Crippen LogP contribution in [0.3, 0.4) is 0 Å². The number of rotatable bonds is 2. The Labute approximate surface area is 114 Å². The minimum Gasteiger partial charge on any atom is -0.391 e. The molecule has 1 aromatic rings. The third kappa shape index (κ3) is 2.54. The SMILES string of the molecule is CC1CC(C)N(c2nc(C(C)(C)C)c(CO)s2)C1. The van der Waals surface area contributed by atoms with Gasteiger partial charge in [-0.25, -0.2) is 4.98 Å². The first kappa shape index (κ1) is 13.8. The maximum atomic E-state index is 9.51. The normalized spacial score (nSPS) is 24.9. The van der Waals surface area contributed by atoms with E-state index in [1.54, 1.807) is 11.3 Å². The van der Waals surface area contributed by atoms with Crippen LogP contribution in [0.4, 0.5) is 5.13 Å². The molecule has 1 N–H and O–H groups in total. The molecular weight excluding hydrogens is 244 g/mol. The number of hydrogen-bond acceptors (Lipinski definition) is 4. The van der Waals surface area contributed by atoms with Gasteiger partial charge in [-0.15, -0.1) is 0 Å². The van der Waals surface area contributed by atoms with Crippen molar-refractivity contribution in [1.29, 1.82) is 0 Å². The van der Waals surface area contributed by atoms with Gasteiger partial charge in [0.25, 0.3) is 0 Å². The molecule has 2 heterocycles. The number of thiazole rings is 1. The number of aliphatic hydroxyl groups excluding tert-OH is 1. The topological polar surface area (TPSA) is 36.4 Å². The molecule has 0 aliphatic carbocycles. The standard InChI is InChI=1S/C14H24N2OS/c1-9-6-10(2)16(7-9)13-15-12(14(3,4)5)11(8-17)18-13/h9-10,17H,6-8H2,1-5H3. The Morgan fingerprint density at radius 1 is 1.39 bits per heavy atom. The zero-order valence-corrected chi connectivity index (χ0v) is 12.8. The van der Waals surface area contributed by atoms with E-state index in [1.807, 2.05) is 0 Å². The van der Waals surface area contributed by atoms with Crippen LogP contribution in [0.25, 0.3) is 0 Å². The summed E-state index contributed by atoms with van der Waals surface area (Å²) in [7, 11) is 0. The predicted molar refractivity (Wildman–Crippen MR) is 77.3 cm³/mol. The first-order valence-electron chi connectivity index (χ1n) is 6.70. The van der Waals surface area contributed by atoms with Crippen molar-refractivity contribution in [2.45, 2.75) is 59.1 Å². The van der Waals surface area contributed by atoms with E-state index in [-0.39, 0.29) is 12.0 Å². The molecule has 0 saturated carbocycles. The van der Waals surface area contributed by atoms with Gasteiger partial charge in [-0.2, -0.15) is 0 Å². The van der Waals surface area contributed by atoms with Crippen molar-refractivity contribution < 1.29 is 5.11 Å². The smallest absolute Gasteiger partial charge is 0.186 e. The zero-order chi connectivity index (χ0) is 13.5. The molecule has 2 unspecified atom stereocenters. The molecule has 2 atom stereocenters. The summed E-state index contributed by atoms with van der Waals surface area (Å²) in [4.78, 5) is 8.21. The first-order valence-corrected chi connectivity index (χ1v) is 7.52. The molecule has 0 spiro atoms. The fraction of sp³-hybridized carbons (Fsp3) is 0.786. The van der Waals surface area contributed by atoms with Crippen LogP contribution >= 0.6 is 11.3 Å². The summed E-state index contributed by atoms with van der Waals surface area (Å²) in [5, 5.41) is 10.6. The maximum absolute atomic E-state index is 9.51. The number of aromatic nitrogens is 1. The number of nitrogens with zero attached hydrogens (tertiary/aromatic N) is 2. The van der Waals surface area contributed by atoms with Gasteiger partial charge in [0.05, 0.1) is 17.2 Å². The second kappa shape index (κ2) is 4.82. The third-order valence-electron chi connectivity index (χ3n) is 3.57. The Balaban J connectivity index is 2.33. The lowest BCUT2D eigenvalue weighted by Crippen LogP contribution is -2.26. The Bertz CT molecular complexity index is 422. The van der Waals surface area contributed by atoms with Gasteiger partial charge in [0.1, 0.15) is 0 Å². The van der Waals surface area contributed by atoms with E-state index < -0.39 is 0 Å². The molecule has 4 heteroatoms. The van der Waals surface area contributed by atoms with Crippen molar-refractivity contribution >= 4 is 16.5 Å². The van der Waals surface area contributed by atoms with Crippen molar-refractivity contribution in [2.75, 3.05) is 11.4 Å². The average molecular weight is 268 g/mol. The molecule has 0 amide bonds. The number of anilines is 1. The molecule has 102 valence electrons. The highest BCUT2D eigenvalue weighted by molar-refractivity contribution is 7.15. The molecule has 18 heavy (non-hydrogen) atoms. The van der Waals surface area contributed by atoms with Crippen molar-refractivity contribution in [3.8, 4) is 0 Å². The van der Waals surface area contributed by atoms with Crippen LogP contribution in [0.1, 0.15) is 51.6 Å². The summed E-state index contributed by atoms with van der Waals surface area (Å²) in [5.74, 6) is 0.736. The summed E-state index contributed by atoms with van der Waals surface area (Å²) in [5.41, 5.74) is 1.05. The van der Waals surface area contributed by atoms with Gasteiger partial charge in [0, 0.05) is 18.0 Å². The Morgan fingerprint density at radius 3 is 2.44 bits per heavy atom. The van der Waals surface area contributed by atoms with Gasteiger partial charge in [-0.1, -0.05) is 39.0 Å². The largest absolute Gasteiger partial charge is 0.391 e. The van der Waals surface area contributed by atoms with Gasteiger partial charge in [-0.05, 0) is 19.3 Å². The minimum atomic E-state index is 0.00138. The first-order chi connectivity index (χ1) is 8.32. The maximum Gasteiger partial charge on any atom is 0.186 e. The van der Waals surface area contributed by atoms with Crippen LogP contribution in [0, 0.1) is 5.92 Å². The number of hydrogen-bond donors (Lipinski definition) is 1. The van der Waals surface area contributed by atoms with Crippen molar-refractivity contribution in [3.63, 3.8) is 0 Å². The van der Waals surface area contributed by atoms with Gasteiger partial charge in [0.15, 0.2) is 5.13 Å². The van der Waals surface area contributed by atoms with E-state index in [2.05, 4.69) is 39.5 Å². The average Bonchev–Trinajstić information content (AvgIpc) is 2.80. The Hall–Kier alpha value is -0.610. The molecule has 3 nitrogen and oxygen atoms in total. The van der Waals surface area contributed by atoms with Gasteiger partial charge in [-0.3, -0.25) is 0 Å². The summed E-state index contributed by atoms with van der Waals surface area (Å²) < 4.78 is 0. The van der Waals surface area contributed by atoms with Gasteiger partial charge < -0.3 is 10.0 Å². The second-order valence-corrected chi connectivity index (χ2v) is 7.58. The molecule has 0 bridgehead atoms. The minimum absolute atomic E-state index is 0.00138. The lowest BCUT2D eigenvalue weighted by Gasteiger charge is -2.21. The van der Waals surface area contributed by atoms with E-state index in [0.29, 0.717) is 6.04 Å². The molecular formula is C14H24N2OS. The van der Waals surface area contributed by atoms with Crippen LogP contribution in [0.5, 0.6) is 0 Å². The highest BCUT2D eigenvalue weighted by Gasteiger charge is 2.31. The van der Waals surface area contributed by atoms with E-state index >= 15 is 0 Å². The lowest BCUT2D eigenvalue weighted by molar-refractivity contribution is 0.282. The lowest BCUT2D eigenvalue weighted by atomic mass is 9.91. The van der Waals surface area contributed by atoms with Crippen molar-refractivity contribution in [3.05, 3.63) is 10.6 Å². The van der Waals surface area contributed by atoms with Gasteiger partial charge >= 0.3 is 0 Å². The summed E-state index contributed by atoms with van der Waals surface area (Å²) in [6.45, 7) is 12.2.